The predicted molar refractivity (Wildman–Crippen MR) is 90.6 cm³/mol. The van der Waals surface area contributed by atoms with Crippen molar-refractivity contribution in [3.05, 3.63) is 47.0 Å². The smallest absolute Gasteiger partial charge is 0.0794 e. The lowest BCUT2D eigenvalue weighted by Gasteiger charge is -2.15. The first kappa shape index (κ1) is 14.6. The highest BCUT2D eigenvalue weighted by molar-refractivity contribution is 7.97. The number of likely N-dealkylation sites (N-methyl/N-ethyl adjacent to an activating group) is 1. The van der Waals surface area contributed by atoms with Gasteiger partial charge in [-0.2, -0.15) is 0 Å². The van der Waals surface area contributed by atoms with Crippen LogP contribution in [0.5, 0.6) is 0 Å². The van der Waals surface area contributed by atoms with Gasteiger partial charge < -0.3 is 4.98 Å². The van der Waals surface area contributed by atoms with Gasteiger partial charge >= 0.3 is 0 Å². The molecule has 6 heteroatoms. The summed E-state index contributed by atoms with van der Waals surface area (Å²) in [7, 11) is 2.14. The number of benzene rings is 1. The summed E-state index contributed by atoms with van der Waals surface area (Å²) in [5, 5.41) is 1.25. The Balaban J connectivity index is 1.41. The Bertz CT molecular complexity index is 678. The van der Waals surface area contributed by atoms with E-state index in [2.05, 4.69) is 50.9 Å². The lowest BCUT2D eigenvalue weighted by Crippen LogP contribution is -2.25. The molecule has 0 radical (unpaired) electrons. The topological polar surface area (TPSA) is 44.0 Å². The highest BCUT2D eigenvalue weighted by Gasteiger charge is 2.02. The van der Waals surface area contributed by atoms with Crippen LogP contribution in [0.25, 0.3) is 10.9 Å². The van der Waals surface area contributed by atoms with Gasteiger partial charge in [0.25, 0.3) is 0 Å². The predicted octanol–water partition coefficient (Wildman–Crippen LogP) is 3.35. The highest BCUT2D eigenvalue weighted by atomic mass is 32.2. The Hall–Kier alpha value is -1.34. The number of fused-ring (bicyclic) bond motifs is 1. The molecule has 21 heavy (non-hydrogen) atoms. The first-order chi connectivity index (χ1) is 10.3. The van der Waals surface area contributed by atoms with Crippen molar-refractivity contribution in [3.63, 3.8) is 0 Å². The van der Waals surface area contributed by atoms with Crippen molar-refractivity contribution >= 4 is 34.2 Å². The van der Waals surface area contributed by atoms with Crippen molar-refractivity contribution < 1.29 is 0 Å². The standard InChI is InChI=1S/C15H18N4S2/c1-19(10-14-9-16-11-20-14)7-6-18-21-13-3-2-12-4-5-17-15(12)8-13/h2-5,8-9,11,17-18H,6-7,10H2,1H3. The molecule has 2 N–H and O–H groups in total. The second kappa shape index (κ2) is 7.09. The molecule has 0 amide bonds. The maximum atomic E-state index is 4.10. The third kappa shape index (κ3) is 4.07. The van der Waals surface area contributed by atoms with Crippen LogP contribution in [0.1, 0.15) is 4.88 Å². The van der Waals surface area contributed by atoms with E-state index >= 15 is 0 Å². The maximum Gasteiger partial charge on any atom is 0.0794 e. The summed E-state index contributed by atoms with van der Waals surface area (Å²) in [5.41, 5.74) is 3.07. The van der Waals surface area contributed by atoms with E-state index in [-0.39, 0.29) is 0 Å². The van der Waals surface area contributed by atoms with Gasteiger partial charge in [0.05, 0.1) is 5.51 Å². The minimum absolute atomic E-state index is 0.947. The molecule has 0 spiro atoms. The molecule has 0 aliphatic rings. The van der Waals surface area contributed by atoms with Crippen LogP contribution in [0.15, 0.2) is 47.1 Å². The summed E-state index contributed by atoms with van der Waals surface area (Å²) >= 11 is 3.39. The fourth-order valence-electron chi connectivity index (χ4n) is 2.13. The Kier molecular flexibility index (Phi) is 4.92. The average Bonchev–Trinajstić information content (AvgIpc) is 3.14. The van der Waals surface area contributed by atoms with Crippen LogP contribution in [0, 0.1) is 0 Å². The summed E-state index contributed by atoms with van der Waals surface area (Å²) in [6.07, 6.45) is 3.91. The summed E-state index contributed by atoms with van der Waals surface area (Å²) in [6.45, 7) is 2.92. The Morgan fingerprint density at radius 1 is 1.38 bits per heavy atom. The SMILES string of the molecule is CN(CCNSc1ccc2cc[nH]c2c1)Cc1cncs1. The van der Waals surface area contributed by atoms with Crippen molar-refractivity contribution in [1.29, 1.82) is 0 Å². The summed E-state index contributed by atoms with van der Waals surface area (Å²) in [4.78, 5) is 12.2. The van der Waals surface area contributed by atoms with Crippen LogP contribution >= 0.6 is 23.3 Å². The molecule has 0 aliphatic heterocycles. The van der Waals surface area contributed by atoms with Crippen LogP contribution in [0.2, 0.25) is 0 Å². The van der Waals surface area contributed by atoms with Crippen molar-refractivity contribution in [2.24, 2.45) is 0 Å². The molecule has 0 saturated carbocycles. The van der Waals surface area contributed by atoms with E-state index in [4.69, 9.17) is 0 Å². The van der Waals surface area contributed by atoms with E-state index in [1.54, 1.807) is 23.3 Å². The molecule has 3 rings (SSSR count). The quantitative estimate of drug-likeness (QED) is 0.518. The zero-order chi connectivity index (χ0) is 14.5. The molecular formula is C15H18N4S2. The second-order valence-electron chi connectivity index (χ2n) is 4.93. The largest absolute Gasteiger partial charge is 0.361 e. The molecule has 2 heterocycles. The molecular weight excluding hydrogens is 300 g/mol. The molecule has 0 unspecified atom stereocenters. The molecule has 0 saturated heterocycles. The number of nitrogens with zero attached hydrogens (tertiary/aromatic N) is 2. The van der Waals surface area contributed by atoms with Crippen LogP contribution in [0.3, 0.4) is 0 Å². The van der Waals surface area contributed by atoms with Crippen molar-refractivity contribution in [2.75, 3.05) is 20.1 Å². The molecule has 0 bridgehead atoms. The first-order valence-electron chi connectivity index (χ1n) is 6.84. The second-order valence-corrected chi connectivity index (χ2v) is 6.86. The third-order valence-corrected chi connectivity index (χ3v) is 4.82. The van der Waals surface area contributed by atoms with E-state index in [1.807, 2.05) is 17.9 Å². The number of aromatic nitrogens is 2. The fraction of sp³-hybridized carbons (Fsp3) is 0.267. The number of aromatic amines is 1. The van der Waals surface area contributed by atoms with Crippen molar-refractivity contribution in [3.8, 4) is 0 Å². The Morgan fingerprint density at radius 2 is 2.33 bits per heavy atom. The molecule has 0 fully saturated rings. The van der Waals surface area contributed by atoms with Crippen LogP contribution in [-0.4, -0.2) is 35.0 Å². The molecule has 2 aromatic heterocycles. The van der Waals surface area contributed by atoms with Gasteiger partial charge in [-0.1, -0.05) is 6.07 Å². The number of thiazole rings is 1. The lowest BCUT2D eigenvalue weighted by molar-refractivity contribution is 0.336. The number of nitrogens with one attached hydrogen (secondary N) is 2. The molecule has 0 atom stereocenters. The van der Waals surface area contributed by atoms with E-state index in [0.29, 0.717) is 0 Å². The first-order valence-corrected chi connectivity index (χ1v) is 8.53. The van der Waals surface area contributed by atoms with Gasteiger partial charge in [0.15, 0.2) is 0 Å². The van der Waals surface area contributed by atoms with E-state index < -0.39 is 0 Å². The maximum absolute atomic E-state index is 4.10. The normalized spacial score (nSPS) is 11.5. The van der Waals surface area contributed by atoms with E-state index in [0.717, 1.165) is 19.6 Å². The highest BCUT2D eigenvalue weighted by Crippen LogP contribution is 2.20. The van der Waals surface area contributed by atoms with Gasteiger partial charge in [0, 0.05) is 47.3 Å². The van der Waals surface area contributed by atoms with Gasteiger partial charge in [0.1, 0.15) is 0 Å². The Labute approximate surface area is 132 Å². The summed E-state index contributed by atoms with van der Waals surface area (Å²) in [6, 6.07) is 8.56. The molecule has 3 aromatic rings. The van der Waals surface area contributed by atoms with E-state index in [9.17, 15) is 0 Å². The zero-order valence-electron chi connectivity index (χ0n) is 11.9. The minimum Gasteiger partial charge on any atom is -0.361 e. The van der Waals surface area contributed by atoms with Crippen LogP contribution in [-0.2, 0) is 6.54 Å². The van der Waals surface area contributed by atoms with Crippen molar-refractivity contribution in [1.82, 2.24) is 19.6 Å². The fourth-order valence-corrected chi connectivity index (χ4v) is 3.47. The molecule has 1 aromatic carbocycles. The van der Waals surface area contributed by atoms with Crippen molar-refractivity contribution in [2.45, 2.75) is 11.4 Å². The van der Waals surface area contributed by atoms with Crippen LogP contribution < -0.4 is 4.72 Å². The molecule has 4 nitrogen and oxygen atoms in total. The summed E-state index contributed by atoms with van der Waals surface area (Å²) < 4.78 is 3.42. The van der Waals surface area contributed by atoms with E-state index in [1.165, 1.54) is 20.7 Å². The van der Waals surface area contributed by atoms with Gasteiger partial charge in [-0.05, 0) is 42.6 Å². The van der Waals surface area contributed by atoms with Gasteiger partial charge in [0.2, 0.25) is 0 Å². The average molecular weight is 318 g/mol. The third-order valence-electron chi connectivity index (χ3n) is 3.22. The number of hydrogen-bond acceptors (Lipinski definition) is 5. The molecule has 110 valence electrons. The van der Waals surface area contributed by atoms with Gasteiger partial charge in [-0.15, -0.1) is 11.3 Å². The zero-order valence-corrected chi connectivity index (χ0v) is 13.5. The van der Waals surface area contributed by atoms with Crippen LogP contribution in [0.4, 0.5) is 0 Å². The van der Waals surface area contributed by atoms with Gasteiger partial charge in [-0.25, -0.2) is 0 Å². The number of H-pyrrole nitrogens is 1. The monoisotopic (exact) mass is 318 g/mol. The lowest BCUT2D eigenvalue weighted by atomic mass is 10.2. The number of hydrogen-bond donors (Lipinski definition) is 2. The number of rotatable bonds is 7. The Morgan fingerprint density at radius 3 is 3.19 bits per heavy atom. The van der Waals surface area contributed by atoms with Gasteiger partial charge in [-0.3, -0.25) is 14.6 Å². The minimum atomic E-state index is 0.947. The molecule has 0 aliphatic carbocycles. The summed E-state index contributed by atoms with van der Waals surface area (Å²) in [5.74, 6) is 0.